The molecule has 0 aliphatic rings. The molecule has 0 unspecified atom stereocenters. The Hall–Kier alpha value is -3.88. The third kappa shape index (κ3) is 5.31. The zero-order valence-corrected chi connectivity index (χ0v) is 19.5. The van der Waals surface area contributed by atoms with Gasteiger partial charge in [-0.3, -0.25) is 9.48 Å². The molecule has 0 atom stereocenters. The van der Waals surface area contributed by atoms with Gasteiger partial charge in [0.1, 0.15) is 6.33 Å². The summed E-state index contributed by atoms with van der Waals surface area (Å²) in [5, 5.41) is 11.3. The molecule has 3 aromatic heterocycles. The lowest BCUT2D eigenvalue weighted by molar-refractivity contribution is 0.0946. The fourth-order valence-corrected chi connectivity index (χ4v) is 3.36. The average Bonchev–Trinajstić information content (AvgIpc) is 3.42. The Morgan fingerprint density at radius 2 is 2.00 bits per heavy atom. The molecule has 0 saturated heterocycles. The Kier molecular flexibility index (Phi) is 6.04. The molecule has 33 heavy (non-hydrogen) atoms. The van der Waals surface area contributed by atoms with Gasteiger partial charge in [-0.1, -0.05) is 38.1 Å². The summed E-state index contributed by atoms with van der Waals surface area (Å²) in [7, 11) is 1.84. The monoisotopic (exact) mass is 445 g/mol. The van der Waals surface area contributed by atoms with E-state index in [-0.39, 0.29) is 11.2 Å². The minimum Gasteiger partial charge on any atom is -0.353 e. The average molecular weight is 446 g/mol. The van der Waals surface area contributed by atoms with Crippen molar-refractivity contribution in [2.24, 2.45) is 7.05 Å². The van der Waals surface area contributed by atoms with Crippen molar-refractivity contribution in [3.05, 3.63) is 65.6 Å². The van der Waals surface area contributed by atoms with Crippen molar-refractivity contribution in [2.75, 3.05) is 5.32 Å². The number of Topliss-reactive ketones (excluding diaryl/α,β-unsaturated/α-hetero) is 1. The quantitative estimate of drug-likeness (QED) is 0.416. The highest BCUT2D eigenvalue weighted by Gasteiger charge is 2.21. The van der Waals surface area contributed by atoms with E-state index in [1.54, 1.807) is 16.9 Å². The molecule has 0 bridgehead atoms. The van der Waals surface area contributed by atoms with Crippen LogP contribution in [0.5, 0.6) is 0 Å². The van der Waals surface area contributed by atoms with Crippen molar-refractivity contribution in [3.63, 3.8) is 0 Å². The summed E-state index contributed by atoms with van der Waals surface area (Å²) in [5.41, 5.74) is 4.45. The number of carbonyl (C=O) groups excluding carboxylic acids is 1. The van der Waals surface area contributed by atoms with Gasteiger partial charge in [0.05, 0.1) is 17.6 Å². The fraction of sp³-hybridized carbons (Fsp3) is 0.333. The number of hydrogen-bond donors (Lipinski definition) is 1. The number of aromatic nitrogens is 6. The van der Waals surface area contributed by atoms with Crippen molar-refractivity contribution in [2.45, 2.75) is 46.0 Å². The van der Waals surface area contributed by atoms with Gasteiger partial charge in [-0.15, -0.1) is 0 Å². The number of nitrogens with zero attached hydrogens (tertiary/aromatic N) is 6. The third-order valence-corrected chi connectivity index (χ3v) is 5.31. The summed E-state index contributed by atoms with van der Waals surface area (Å²) >= 11 is 0. The molecule has 9 nitrogen and oxygen atoms in total. The number of ketones is 1. The van der Waals surface area contributed by atoms with Crippen LogP contribution in [-0.2, 0) is 18.9 Å². The second-order valence-corrected chi connectivity index (χ2v) is 9.05. The second-order valence-electron chi connectivity index (χ2n) is 9.05. The summed E-state index contributed by atoms with van der Waals surface area (Å²) in [6.45, 7) is 8.13. The van der Waals surface area contributed by atoms with E-state index in [0.717, 1.165) is 28.1 Å². The number of nitrogens with one attached hydrogen (secondary N) is 1. The van der Waals surface area contributed by atoms with E-state index in [1.807, 2.05) is 59.1 Å². The molecule has 170 valence electrons. The zero-order chi connectivity index (χ0) is 23.6. The standard InChI is InChI=1S/C24H27N7O2/c1-15-10-17(22-25-14-26-23(29-22)28-18-12-27-31(5)13-18)7-6-16(15)8-9-19(32)20-11-21(30-33-20)24(2,3)4/h6-7,10-14H,8-9H2,1-5H3,(H,25,26,28,29). The zero-order valence-electron chi connectivity index (χ0n) is 19.5. The van der Waals surface area contributed by atoms with Gasteiger partial charge < -0.3 is 9.84 Å². The number of carbonyl (C=O) groups is 1. The molecular weight excluding hydrogens is 418 g/mol. The first kappa shape index (κ1) is 22.3. The topological polar surface area (TPSA) is 112 Å². The maximum Gasteiger partial charge on any atom is 0.230 e. The van der Waals surface area contributed by atoms with Crippen molar-refractivity contribution in [1.82, 2.24) is 29.9 Å². The Morgan fingerprint density at radius 3 is 2.67 bits per heavy atom. The highest BCUT2D eigenvalue weighted by molar-refractivity contribution is 5.93. The summed E-state index contributed by atoms with van der Waals surface area (Å²) in [6.07, 6.45) is 5.98. The molecule has 0 aliphatic carbocycles. The van der Waals surface area contributed by atoms with Gasteiger partial charge in [0.25, 0.3) is 0 Å². The maximum absolute atomic E-state index is 12.6. The van der Waals surface area contributed by atoms with E-state index in [2.05, 4.69) is 30.5 Å². The molecule has 0 saturated carbocycles. The van der Waals surface area contributed by atoms with Gasteiger partial charge in [0, 0.05) is 36.7 Å². The normalized spacial score (nSPS) is 11.5. The smallest absolute Gasteiger partial charge is 0.230 e. The molecule has 1 N–H and O–H groups in total. The molecular formula is C24H27N7O2. The molecule has 3 heterocycles. The molecule has 0 amide bonds. The van der Waals surface area contributed by atoms with Crippen molar-refractivity contribution in [3.8, 4) is 11.4 Å². The van der Waals surface area contributed by atoms with Gasteiger partial charge in [-0.2, -0.15) is 10.1 Å². The Balaban J connectivity index is 1.43. The minimum absolute atomic E-state index is 0.0509. The molecule has 0 fully saturated rings. The first-order chi connectivity index (χ1) is 15.7. The first-order valence-corrected chi connectivity index (χ1v) is 10.7. The van der Waals surface area contributed by atoms with Crippen LogP contribution in [0.4, 0.5) is 11.6 Å². The highest BCUT2D eigenvalue weighted by atomic mass is 16.5. The SMILES string of the molecule is Cc1cc(-c2ncnc(Nc3cnn(C)c3)n2)ccc1CCC(=O)c1cc(C(C)(C)C)no1. The van der Waals surface area contributed by atoms with Crippen LogP contribution < -0.4 is 5.32 Å². The van der Waals surface area contributed by atoms with E-state index in [9.17, 15) is 4.79 Å². The lowest BCUT2D eigenvalue weighted by atomic mass is 9.92. The van der Waals surface area contributed by atoms with E-state index in [4.69, 9.17) is 4.52 Å². The van der Waals surface area contributed by atoms with Crippen molar-refractivity contribution in [1.29, 1.82) is 0 Å². The van der Waals surface area contributed by atoms with Crippen LogP contribution in [0.1, 0.15) is 54.6 Å². The van der Waals surface area contributed by atoms with Crippen LogP contribution in [0, 0.1) is 6.92 Å². The third-order valence-electron chi connectivity index (χ3n) is 5.31. The first-order valence-electron chi connectivity index (χ1n) is 10.7. The minimum atomic E-state index is -0.156. The predicted octanol–water partition coefficient (Wildman–Crippen LogP) is 4.43. The molecule has 0 radical (unpaired) electrons. The van der Waals surface area contributed by atoms with Crippen LogP contribution >= 0.6 is 0 Å². The van der Waals surface area contributed by atoms with Crippen molar-refractivity contribution >= 4 is 17.4 Å². The lowest BCUT2D eigenvalue weighted by Gasteiger charge is -2.12. The van der Waals surface area contributed by atoms with E-state index in [1.165, 1.54) is 6.33 Å². The molecule has 4 rings (SSSR count). The van der Waals surface area contributed by atoms with Gasteiger partial charge in [0.15, 0.2) is 5.82 Å². The Labute approximate surface area is 192 Å². The van der Waals surface area contributed by atoms with Crippen LogP contribution in [0.2, 0.25) is 0 Å². The lowest BCUT2D eigenvalue weighted by Crippen LogP contribution is -2.11. The largest absolute Gasteiger partial charge is 0.353 e. The van der Waals surface area contributed by atoms with Crippen LogP contribution in [0.15, 0.2) is 47.5 Å². The predicted molar refractivity (Wildman–Crippen MR) is 124 cm³/mol. The van der Waals surface area contributed by atoms with Crippen LogP contribution in [0.25, 0.3) is 11.4 Å². The molecule has 1 aromatic carbocycles. The Morgan fingerprint density at radius 1 is 1.18 bits per heavy atom. The van der Waals surface area contributed by atoms with Gasteiger partial charge in [-0.05, 0) is 30.5 Å². The molecule has 0 aliphatic heterocycles. The van der Waals surface area contributed by atoms with Crippen molar-refractivity contribution < 1.29 is 9.32 Å². The number of hydrogen-bond acceptors (Lipinski definition) is 8. The molecule has 0 spiro atoms. The highest BCUT2D eigenvalue weighted by Crippen LogP contribution is 2.24. The van der Waals surface area contributed by atoms with E-state index in [0.29, 0.717) is 30.4 Å². The number of aryl methyl sites for hydroxylation is 3. The number of benzene rings is 1. The van der Waals surface area contributed by atoms with Gasteiger partial charge in [-0.25, -0.2) is 9.97 Å². The summed E-state index contributed by atoms with van der Waals surface area (Å²) in [4.78, 5) is 25.6. The van der Waals surface area contributed by atoms with Crippen LogP contribution in [0.3, 0.4) is 0 Å². The molecule has 4 aromatic rings. The summed E-state index contributed by atoms with van der Waals surface area (Å²) in [5.74, 6) is 1.28. The summed E-state index contributed by atoms with van der Waals surface area (Å²) < 4.78 is 6.97. The van der Waals surface area contributed by atoms with E-state index < -0.39 is 0 Å². The van der Waals surface area contributed by atoms with Gasteiger partial charge >= 0.3 is 0 Å². The molecule has 9 heteroatoms. The fourth-order valence-electron chi connectivity index (χ4n) is 3.36. The van der Waals surface area contributed by atoms with E-state index >= 15 is 0 Å². The Bertz CT molecular complexity index is 1280. The second kappa shape index (κ2) is 8.93. The van der Waals surface area contributed by atoms with Crippen LogP contribution in [-0.4, -0.2) is 35.7 Å². The summed E-state index contributed by atoms with van der Waals surface area (Å²) in [6, 6.07) is 7.74. The number of rotatable bonds is 7. The maximum atomic E-state index is 12.6. The number of anilines is 2. The van der Waals surface area contributed by atoms with Gasteiger partial charge in [0.2, 0.25) is 17.5 Å².